The number of thiocarbonyl (C=S) groups is 1. The van der Waals surface area contributed by atoms with E-state index >= 15 is 0 Å². The van der Waals surface area contributed by atoms with Gasteiger partial charge in [0, 0.05) is 34.6 Å². The predicted molar refractivity (Wildman–Crippen MR) is 150 cm³/mol. The standard InChI is InChI=1S/C28H26N4O2S2/c1-18-10-11-21(13-19(18)2)32-27(34)25(30(3)28(32)35)14-20-16-31(24-9-5-4-8-23(20)24)17-26(33)29-15-22-7-6-12-36-22/h4-14,16H,15,17H2,1-3H3,(H,29,33)/b25-14-. The monoisotopic (exact) mass is 514 g/mol. The molecule has 0 saturated carbocycles. The van der Waals surface area contributed by atoms with E-state index in [-0.39, 0.29) is 18.4 Å². The van der Waals surface area contributed by atoms with Gasteiger partial charge in [0.2, 0.25) is 5.91 Å². The molecule has 4 aromatic rings. The van der Waals surface area contributed by atoms with Gasteiger partial charge in [-0.05, 0) is 72.9 Å². The number of nitrogens with one attached hydrogen (secondary N) is 1. The minimum absolute atomic E-state index is 0.0699. The minimum atomic E-state index is -0.170. The van der Waals surface area contributed by atoms with Gasteiger partial charge < -0.3 is 14.8 Å². The number of aromatic nitrogens is 1. The van der Waals surface area contributed by atoms with Crippen molar-refractivity contribution in [3.8, 4) is 0 Å². The second-order valence-electron chi connectivity index (χ2n) is 8.87. The first-order chi connectivity index (χ1) is 17.3. The van der Waals surface area contributed by atoms with Crippen molar-refractivity contribution in [3.05, 3.63) is 93.4 Å². The third kappa shape index (κ3) is 4.45. The summed E-state index contributed by atoms with van der Waals surface area (Å²) >= 11 is 7.26. The number of rotatable bonds is 6. The van der Waals surface area contributed by atoms with Gasteiger partial charge in [-0.15, -0.1) is 11.3 Å². The van der Waals surface area contributed by atoms with E-state index in [0.717, 1.165) is 38.2 Å². The Labute approximate surface area is 219 Å². The number of anilines is 1. The maximum Gasteiger partial charge on any atom is 0.281 e. The van der Waals surface area contributed by atoms with Gasteiger partial charge in [0.15, 0.2) is 5.11 Å². The molecule has 0 unspecified atom stereocenters. The van der Waals surface area contributed by atoms with Gasteiger partial charge in [0.05, 0.1) is 12.2 Å². The van der Waals surface area contributed by atoms with E-state index in [1.165, 1.54) is 0 Å². The van der Waals surface area contributed by atoms with Crippen molar-refractivity contribution in [2.75, 3.05) is 11.9 Å². The lowest BCUT2D eigenvalue weighted by Gasteiger charge is -2.17. The third-order valence-electron chi connectivity index (χ3n) is 6.48. The predicted octanol–water partition coefficient (Wildman–Crippen LogP) is 5.24. The van der Waals surface area contributed by atoms with Crippen LogP contribution in [0.3, 0.4) is 0 Å². The largest absolute Gasteiger partial charge is 0.350 e. The van der Waals surface area contributed by atoms with Gasteiger partial charge >= 0.3 is 0 Å². The van der Waals surface area contributed by atoms with Gasteiger partial charge in [0.25, 0.3) is 5.91 Å². The Morgan fingerprint density at radius 1 is 1.08 bits per heavy atom. The van der Waals surface area contributed by atoms with Crippen molar-refractivity contribution in [3.63, 3.8) is 0 Å². The van der Waals surface area contributed by atoms with Gasteiger partial charge in [-0.2, -0.15) is 0 Å². The molecule has 2 amide bonds. The fourth-order valence-corrected chi connectivity index (χ4v) is 5.26. The molecule has 1 fully saturated rings. The lowest BCUT2D eigenvalue weighted by molar-refractivity contribution is -0.121. The lowest BCUT2D eigenvalue weighted by Crippen LogP contribution is -2.31. The number of fused-ring (bicyclic) bond motifs is 1. The Kier molecular flexibility index (Phi) is 6.47. The van der Waals surface area contributed by atoms with Gasteiger partial charge in [-0.25, -0.2) is 0 Å². The maximum atomic E-state index is 13.5. The van der Waals surface area contributed by atoms with Crippen molar-refractivity contribution in [2.45, 2.75) is 26.9 Å². The van der Waals surface area contributed by atoms with Crippen LogP contribution in [0.25, 0.3) is 17.0 Å². The summed E-state index contributed by atoms with van der Waals surface area (Å²) in [5.41, 5.74) is 5.29. The summed E-state index contributed by atoms with van der Waals surface area (Å²) in [4.78, 5) is 30.6. The number of para-hydroxylation sites is 1. The number of benzene rings is 2. The van der Waals surface area contributed by atoms with Crippen LogP contribution in [0.4, 0.5) is 5.69 Å². The molecule has 1 N–H and O–H groups in total. The highest BCUT2D eigenvalue weighted by molar-refractivity contribution is 7.80. The molecule has 2 aromatic heterocycles. The molecule has 0 radical (unpaired) electrons. The number of likely N-dealkylation sites (N-methyl/N-ethyl adjacent to an activating group) is 1. The fraction of sp³-hybridized carbons (Fsp3) is 0.179. The van der Waals surface area contributed by atoms with E-state index in [1.54, 1.807) is 21.1 Å². The third-order valence-corrected chi connectivity index (χ3v) is 7.81. The van der Waals surface area contributed by atoms with E-state index in [2.05, 4.69) is 5.32 Å². The number of carbonyl (C=O) groups is 2. The van der Waals surface area contributed by atoms with Gasteiger partial charge in [-0.1, -0.05) is 30.3 Å². The number of hydrogen-bond acceptors (Lipinski definition) is 4. The number of nitrogens with zero attached hydrogens (tertiary/aromatic N) is 3. The van der Waals surface area contributed by atoms with Crippen molar-refractivity contribution in [1.82, 2.24) is 14.8 Å². The summed E-state index contributed by atoms with van der Waals surface area (Å²) in [7, 11) is 1.81. The van der Waals surface area contributed by atoms with Crippen molar-refractivity contribution in [2.24, 2.45) is 0 Å². The van der Waals surface area contributed by atoms with Crippen LogP contribution in [-0.4, -0.2) is 33.4 Å². The molecule has 5 rings (SSSR count). The van der Waals surface area contributed by atoms with Crippen LogP contribution in [0.1, 0.15) is 21.6 Å². The molecule has 0 aliphatic carbocycles. The number of thiophene rings is 1. The highest BCUT2D eigenvalue weighted by atomic mass is 32.1. The summed E-state index contributed by atoms with van der Waals surface area (Å²) in [6, 6.07) is 17.8. The first kappa shape index (κ1) is 24.0. The Hall–Kier alpha value is -3.75. The Balaban J connectivity index is 1.45. The molecule has 3 heterocycles. The average Bonchev–Trinajstić information content (AvgIpc) is 3.56. The molecule has 182 valence electrons. The molecule has 0 bridgehead atoms. The molecule has 1 aliphatic rings. The summed E-state index contributed by atoms with van der Waals surface area (Å²) in [5.74, 6) is -0.240. The summed E-state index contributed by atoms with van der Waals surface area (Å²) in [6.45, 7) is 4.76. The molecule has 36 heavy (non-hydrogen) atoms. The second-order valence-corrected chi connectivity index (χ2v) is 10.3. The normalized spacial score (nSPS) is 14.9. The van der Waals surface area contributed by atoms with Crippen molar-refractivity contribution >= 4 is 63.1 Å². The summed E-state index contributed by atoms with van der Waals surface area (Å²) in [5, 5.41) is 6.38. The zero-order valence-electron chi connectivity index (χ0n) is 20.3. The first-order valence-corrected chi connectivity index (χ1v) is 12.9. The minimum Gasteiger partial charge on any atom is -0.350 e. The Bertz CT molecular complexity index is 1520. The highest BCUT2D eigenvalue weighted by Crippen LogP contribution is 2.31. The second kappa shape index (κ2) is 9.72. The molecule has 1 saturated heterocycles. The summed E-state index contributed by atoms with van der Waals surface area (Å²) in [6.07, 6.45) is 3.78. The van der Waals surface area contributed by atoms with E-state index in [1.807, 2.05) is 97.7 Å². The Morgan fingerprint density at radius 3 is 2.64 bits per heavy atom. The SMILES string of the molecule is Cc1ccc(N2C(=O)/C(=C/c3cn(CC(=O)NCc4cccs4)c4ccccc34)N(C)C2=S)cc1C. The van der Waals surface area contributed by atoms with Crippen LogP contribution >= 0.6 is 23.6 Å². The summed E-state index contributed by atoms with van der Waals surface area (Å²) < 4.78 is 1.92. The zero-order chi connectivity index (χ0) is 25.4. The van der Waals surface area contributed by atoms with Crippen LogP contribution in [0.2, 0.25) is 0 Å². The molecule has 8 heteroatoms. The van der Waals surface area contributed by atoms with E-state index in [9.17, 15) is 9.59 Å². The number of amides is 2. The van der Waals surface area contributed by atoms with Crippen LogP contribution in [0.15, 0.2) is 71.9 Å². The zero-order valence-corrected chi connectivity index (χ0v) is 22.0. The number of carbonyl (C=O) groups excluding carboxylic acids is 2. The topological polar surface area (TPSA) is 57.6 Å². The molecule has 2 aromatic carbocycles. The van der Waals surface area contributed by atoms with E-state index < -0.39 is 0 Å². The van der Waals surface area contributed by atoms with E-state index in [0.29, 0.717) is 17.4 Å². The molecular weight excluding hydrogens is 488 g/mol. The molecular formula is C28H26N4O2S2. The van der Waals surface area contributed by atoms with Crippen LogP contribution < -0.4 is 10.2 Å². The molecule has 6 nitrogen and oxygen atoms in total. The lowest BCUT2D eigenvalue weighted by atomic mass is 10.1. The van der Waals surface area contributed by atoms with Crippen LogP contribution in [-0.2, 0) is 22.7 Å². The van der Waals surface area contributed by atoms with Gasteiger partial charge in [-0.3, -0.25) is 14.5 Å². The van der Waals surface area contributed by atoms with Crippen LogP contribution in [0.5, 0.6) is 0 Å². The van der Waals surface area contributed by atoms with Crippen molar-refractivity contribution in [1.29, 1.82) is 0 Å². The Morgan fingerprint density at radius 2 is 1.89 bits per heavy atom. The average molecular weight is 515 g/mol. The number of aryl methyl sites for hydroxylation is 2. The molecule has 1 aliphatic heterocycles. The molecule has 0 spiro atoms. The quantitative estimate of drug-likeness (QED) is 0.282. The van der Waals surface area contributed by atoms with Crippen molar-refractivity contribution < 1.29 is 9.59 Å². The highest BCUT2D eigenvalue weighted by Gasteiger charge is 2.37. The molecule has 0 atom stereocenters. The maximum absolute atomic E-state index is 13.5. The smallest absolute Gasteiger partial charge is 0.281 e. The van der Waals surface area contributed by atoms with E-state index in [4.69, 9.17) is 12.2 Å². The van der Waals surface area contributed by atoms with Crippen LogP contribution in [0, 0.1) is 13.8 Å². The van der Waals surface area contributed by atoms with Gasteiger partial charge in [0.1, 0.15) is 12.2 Å². The fourth-order valence-electron chi connectivity index (χ4n) is 4.33. The number of hydrogen-bond donors (Lipinski definition) is 1. The first-order valence-electron chi connectivity index (χ1n) is 11.6.